The van der Waals surface area contributed by atoms with Crippen molar-refractivity contribution in [3.8, 4) is 6.07 Å². The molecule has 2 unspecified atom stereocenters. The normalized spacial score (nSPS) is 16.2. The predicted octanol–water partition coefficient (Wildman–Crippen LogP) is 2.12. The summed E-state index contributed by atoms with van der Waals surface area (Å²) in [7, 11) is 2.08. The van der Waals surface area contributed by atoms with Gasteiger partial charge in [0, 0.05) is 12.6 Å². The lowest BCUT2D eigenvalue weighted by atomic mass is 10.0. The molecule has 0 aromatic carbocycles. The lowest BCUT2D eigenvalue weighted by Gasteiger charge is -2.28. The van der Waals surface area contributed by atoms with E-state index < -0.39 is 0 Å². The summed E-state index contributed by atoms with van der Waals surface area (Å²) in [6.07, 6.45) is 0. The molecule has 0 spiro atoms. The minimum absolute atomic E-state index is 0.135. The summed E-state index contributed by atoms with van der Waals surface area (Å²) in [5.74, 6) is 0.789. The van der Waals surface area contributed by atoms with Crippen LogP contribution in [0.15, 0.2) is 0 Å². The summed E-state index contributed by atoms with van der Waals surface area (Å²) in [6, 6.07) is 2.80. The quantitative estimate of drug-likeness (QED) is 0.643. The van der Waals surface area contributed by atoms with Crippen LogP contribution in [0, 0.1) is 23.2 Å². The highest BCUT2D eigenvalue weighted by Crippen LogP contribution is 2.09. The molecule has 0 aromatic heterocycles. The average Bonchev–Trinajstić information content (AvgIpc) is 2.02. The molecule has 12 heavy (non-hydrogen) atoms. The minimum Gasteiger partial charge on any atom is -0.302 e. The van der Waals surface area contributed by atoms with Crippen LogP contribution in [0.1, 0.15) is 27.7 Å². The summed E-state index contributed by atoms with van der Waals surface area (Å²) >= 11 is 0. The monoisotopic (exact) mass is 168 g/mol. The van der Waals surface area contributed by atoms with Crippen molar-refractivity contribution in [1.29, 1.82) is 5.26 Å². The van der Waals surface area contributed by atoms with Gasteiger partial charge in [0.25, 0.3) is 0 Å². The molecular weight excluding hydrogens is 148 g/mol. The van der Waals surface area contributed by atoms with E-state index >= 15 is 0 Å². The molecule has 0 aliphatic heterocycles. The van der Waals surface area contributed by atoms with Crippen LogP contribution in [0.5, 0.6) is 0 Å². The Bertz CT molecular complexity index is 158. The fourth-order valence-electron chi connectivity index (χ4n) is 1.15. The van der Waals surface area contributed by atoms with Gasteiger partial charge in [-0.1, -0.05) is 13.8 Å². The molecule has 0 amide bonds. The molecule has 2 heteroatoms. The third kappa shape index (κ3) is 3.73. The third-order valence-electron chi connectivity index (χ3n) is 2.44. The molecule has 0 radical (unpaired) electrons. The van der Waals surface area contributed by atoms with Crippen molar-refractivity contribution in [3.05, 3.63) is 0 Å². The Balaban J connectivity index is 3.88. The molecular formula is C10H20N2. The summed E-state index contributed by atoms with van der Waals surface area (Å²) in [5, 5.41) is 8.63. The number of hydrogen-bond acceptors (Lipinski definition) is 2. The van der Waals surface area contributed by atoms with E-state index in [2.05, 4.69) is 38.8 Å². The van der Waals surface area contributed by atoms with Gasteiger partial charge in [0.2, 0.25) is 0 Å². The lowest BCUT2D eigenvalue weighted by Crippen LogP contribution is -2.36. The predicted molar refractivity (Wildman–Crippen MR) is 51.7 cm³/mol. The number of hydrogen-bond donors (Lipinski definition) is 0. The van der Waals surface area contributed by atoms with Gasteiger partial charge in [-0.05, 0) is 26.8 Å². The first-order valence-corrected chi connectivity index (χ1v) is 4.58. The van der Waals surface area contributed by atoms with Gasteiger partial charge in [0.15, 0.2) is 0 Å². The molecule has 0 rings (SSSR count). The van der Waals surface area contributed by atoms with Crippen LogP contribution in [0.25, 0.3) is 0 Å². The second kappa shape index (κ2) is 5.16. The maximum atomic E-state index is 8.63. The molecule has 2 nitrogen and oxygen atoms in total. The molecule has 0 N–H and O–H groups in total. The van der Waals surface area contributed by atoms with Gasteiger partial charge in [-0.2, -0.15) is 5.26 Å². The highest BCUT2D eigenvalue weighted by molar-refractivity contribution is 4.82. The lowest BCUT2D eigenvalue weighted by molar-refractivity contribution is 0.196. The zero-order chi connectivity index (χ0) is 9.72. The Morgan fingerprint density at radius 3 is 2.08 bits per heavy atom. The molecule has 0 aliphatic rings. The second-order valence-electron chi connectivity index (χ2n) is 3.95. The Labute approximate surface area is 76.2 Å². The molecule has 0 heterocycles. The summed E-state index contributed by atoms with van der Waals surface area (Å²) in [6.45, 7) is 9.45. The van der Waals surface area contributed by atoms with Crippen LogP contribution in [-0.2, 0) is 0 Å². The first kappa shape index (κ1) is 11.4. The average molecular weight is 168 g/mol. The van der Waals surface area contributed by atoms with Crippen LogP contribution in [0.4, 0.5) is 0 Å². The van der Waals surface area contributed by atoms with E-state index in [-0.39, 0.29) is 5.92 Å². The number of nitriles is 1. The minimum atomic E-state index is 0.135. The van der Waals surface area contributed by atoms with Gasteiger partial charge in [-0.3, -0.25) is 0 Å². The van der Waals surface area contributed by atoms with Crippen molar-refractivity contribution in [3.63, 3.8) is 0 Å². The zero-order valence-electron chi connectivity index (χ0n) is 8.83. The highest BCUT2D eigenvalue weighted by atomic mass is 15.1. The van der Waals surface area contributed by atoms with Crippen LogP contribution in [-0.4, -0.2) is 24.5 Å². The largest absolute Gasteiger partial charge is 0.302 e. The van der Waals surface area contributed by atoms with Gasteiger partial charge >= 0.3 is 0 Å². The Hall–Kier alpha value is -0.550. The van der Waals surface area contributed by atoms with E-state index in [1.165, 1.54) is 0 Å². The van der Waals surface area contributed by atoms with E-state index in [9.17, 15) is 0 Å². The molecule has 70 valence electrons. The molecule has 0 fully saturated rings. The smallest absolute Gasteiger partial charge is 0.0666 e. The van der Waals surface area contributed by atoms with Gasteiger partial charge in [0.05, 0.1) is 12.0 Å². The van der Waals surface area contributed by atoms with Crippen LogP contribution < -0.4 is 0 Å². The molecule has 0 bridgehead atoms. The van der Waals surface area contributed by atoms with Crippen LogP contribution in [0.3, 0.4) is 0 Å². The molecule has 0 saturated carbocycles. The molecule has 0 aliphatic carbocycles. The summed E-state index contributed by atoms with van der Waals surface area (Å²) < 4.78 is 0. The second-order valence-corrected chi connectivity index (χ2v) is 3.95. The maximum absolute atomic E-state index is 8.63. The highest BCUT2D eigenvalue weighted by Gasteiger charge is 2.14. The number of rotatable bonds is 4. The van der Waals surface area contributed by atoms with Crippen molar-refractivity contribution in [2.45, 2.75) is 33.7 Å². The SMILES string of the molecule is CC(C#N)CN(C)C(C)C(C)C. The topological polar surface area (TPSA) is 27.0 Å². The van der Waals surface area contributed by atoms with Crippen LogP contribution in [0.2, 0.25) is 0 Å². The van der Waals surface area contributed by atoms with Crippen molar-refractivity contribution < 1.29 is 0 Å². The fourth-order valence-corrected chi connectivity index (χ4v) is 1.15. The van der Waals surface area contributed by atoms with Crippen molar-refractivity contribution in [2.75, 3.05) is 13.6 Å². The summed E-state index contributed by atoms with van der Waals surface area (Å²) in [5.41, 5.74) is 0. The van der Waals surface area contributed by atoms with Crippen molar-refractivity contribution in [2.24, 2.45) is 11.8 Å². The van der Waals surface area contributed by atoms with Crippen LogP contribution >= 0.6 is 0 Å². The van der Waals surface area contributed by atoms with Gasteiger partial charge in [0.1, 0.15) is 0 Å². The van der Waals surface area contributed by atoms with Crippen molar-refractivity contribution in [1.82, 2.24) is 4.90 Å². The standard InChI is InChI=1S/C10H20N2/c1-8(2)10(4)12(5)7-9(3)6-11/h8-10H,7H2,1-5H3. The van der Waals surface area contributed by atoms with E-state index in [0.717, 1.165) is 6.54 Å². The van der Waals surface area contributed by atoms with Crippen molar-refractivity contribution >= 4 is 0 Å². The van der Waals surface area contributed by atoms with E-state index in [0.29, 0.717) is 12.0 Å². The van der Waals surface area contributed by atoms with Gasteiger partial charge in [-0.15, -0.1) is 0 Å². The van der Waals surface area contributed by atoms with E-state index in [1.807, 2.05) is 6.92 Å². The summed E-state index contributed by atoms with van der Waals surface area (Å²) in [4.78, 5) is 2.25. The molecule has 2 atom stereocenters. The van der Waals surface area contributed by atoms with E-state index in [1.54, 1.807) is 0 Å². The maximum Gasteiger partial charge on any atom is 0.0666 e. The Morgan fingerprint density at radius 1 is 1.25 bits per heavy atom. The van der Waals surface area contributed by atoms with E-state index in [4.69, 9.17) is 5.26 Å². The third-order valence-corrected chi connectivity index (χ3v) is 2.44. The number of nitrogens with zero attached hydrogens (tertiary/aromatic N) is 2. The van der Waals surface area contributed by atoms with Gasteiger partial charge < -0.3 is 4.90 Å². The fraction of sp³-hybridized carbons (Fsp3) is 0.900. The first-order chi connectivity index (χ1) is 5.49. The first-order valence-electron chi connectivity index (χ1n) is 4.58. The Kier molecular flexibility index (Phi) is 4.92. The zero-order valence-corrected chi connectivity index (χ0v) is 8.83. The Morgan fingerprint density at radius 2 is 1.75 bits per heavy atom. The van der Waals surface area contributed by atoms with Gasteiger partial charge in [-0.25, -0.2) is 0 Å². The molecule has 0 saturated heterocycles. The molecule has 0 aromatic rings.